The van der Waals surface area contributed by atoms with Crippen LogP contribution in [0.5, 0.6) is 0 Å². The van der Waals surface area contributed by atoms with Crippen LogP contribution in [0.1, 0.15) is 40.0 Å². The lowest BCUT2D eigenvalue weighted by molar-refractivity contribution is 0.0816. The number of nitrogens with zero attached hydrogens (tertiary/aromatic N) is 2. The lowest BCUT2D eigenvalue weighted by Gasteiger charge is -2.46. The Hall–Kier alpha value is -1.24. The van der Waals surface area contributed by atoms with E-state index in [0.717, 1.165) is 19.3 Å². The summed E-state index contributed by atoms with van der Waals surface area (Å²) in [5, 5.41) is 0. The molecule has 88 valence electrons. The highest BCUT2D eigenvalue weighted by molar-refractivity contribution is 5.35. The van der Waals surface area contributed by atoms with Gasteiger partial charge in [0, 0.05) is 0 Å². The van der Waals surface area contributed by atoms with Crippen LogP contribution >= 0.6 is 0 Å². The van der Waals surface area contributed by atoms with Crippen molar-refractivity contribution in [2.24, 2.45) is 21.3 Å². The van der Waals surface area contributed by atoms with Crippen molar-refractivity contribution >= 4 is 12.2 Å². The number of hydrogen-bond acceptors (Lipinski definition) is 4. The Kier molecular flexibility index (Phi) is 3.79. The van der Waals surface area contributed by atoms with Crippen molar-refractivity contribution in [3.05, 3.63) is 0 Å². The van der Waals surface area contributed by atoms with E-state index < -0.39 is 0 Å². The maximum absolute atomic E-state index is 10.5. The molecule has 1 fully saturated rings. The molecule has 0 spiro atoms. The van der Waals surface area contributed by atoms with Crippen LogP contribution in [-0.2, 0) is 9.59 Å². The van der Waals surface area contributed by atoms with Gasteiger partial charge in [0.2, 0.25) is 12.2 Å². The van der Waals surface area contributed by atoms with Crippen LogP contribution in [-0.4, -0.2) is 24.2 Å². The Labute approximate surface area is 95.9 Å². The molecule has 1 aliphatic rings. The average molecular weight is 222 g/mol. The Morgan fingerprint density at radius 3 is 2.44 bits per heavy atom. The van der Waals surface area contributed by atoms with Crippen molar-refractivity contribution in [1.82, 2.24) is 0 Å². The highest BCUT2D eigenvalue weighted by Gasteiger charge is 2.45. The van der Waals surface area contributed by atoms with Crippen LogP contribution in [0.4, 0.5) is 0 Å². The normalized spacial score (nSPS) is 32.3. The SMILES string of the molecule is CC1(C)C[C@@H](CN=C=O)CC[C@]1(C)N=C=O. The molecule has 0 aromatic carbocycles. The van der Waals surface area contributed by atoms with E-state index in [9.17, 15) is 9.59 Å². The molecule has 2 atom stereocenters. The molecule has 0 saturated heterocycles. The van der Waals surface area contributed by atoms with Gasteiger partial charge in [-0.3, -0.25) is 0 Å². The number of rotatable bonds is 3. The van der Waals surface area contributed by atoms with Gasteiger partial charge in [0.1, 0.15) is 0 Å². The molecule has 0 unspecified atom stereocenters. The number of hydrogen-bond donors (Lipinski definition) is 0. The van der Waals surface area contributed by atoms with E-state index in [0.29, 0.717) is 12.5 Å². The predicted molar refractivity (Wildman–Crippen MR) is 60.6 cm³/mol. The average Bonchev–Trinajstić information content (AvgIpc) is 2.20. The van der Waals surface area contributed by atoms with Crippen molar-refractivity contribution < 1.29 is 9.59 Å². The molecule has 0 amide bonds. The van der Waals surface area contributed by atoms with Gasteiger partial charge in [-0.25, -0.2) is 14.6 Å². The zero-order valence-electron chi connectivity index (χ0n) is 10.1. The van der Waals surface area contributed by atoms with Crippen molar-refractivity contribution in [3.8, 4) is 0 Å². The van der Waals surface area contributed by atoms with Gasteiger partial charge in [0.05, 0.1) is 12.1 Å². The second-order valence-corrected chi connectivity index (χ2v) is 5.40. The lowest BCUT2D eigenvalue weighted by atomic mass is 9.61. The van der Waals surface area contributed by atoms with Gasteiger partial charge >= 0.3 is 0 Å². The topological polar surface area (TPSA) is 58.9 Å². The molecule has 16 heavy (non-hydrogen) atoms. The molecule has 0 heterocycles. The zero-order chi connectivity index (χ0) is 12.2. The van der Waals surface area contributed by atoms with E-state index in [1.54, 1.807) is 12.2 Å². The summed E-state index contributed by atoms with van der Waals surface area (Å²) in [7, 11) is 0. The van der Waals surface area contributed by atoms with Crippen molar-refractivity contribution in [1.29, 1.82) is 0 Å². The summed E-state index contributed by atoms with van der Waals surface area (Å²) in [4.78, 5) is 28.1. The molecule has 1 saturated carbocycles. The van der Waals surface area contributed by atoms with E-state index in [1.807, 2.05) is 6.92 Å². The van der Waals surface area contributed by atoms with E-state index >= 15 is 0 Å². The van der Waals surface area contributed by atoms with E-state index in [-0.39, 0.29) is 11.0 Å². The fourth-order valence-electron chi connectivity index (χ4n) is 2.50. The largest absolute Gasteiger partial charge is 0.235 e. The molecule has 0 aliphatic heterocycles. The third-order valence-electron chi connectivity index (χ3n) is 4.00. The van der Waals surface area contributed by atoms with Crippen molar-refractivity contribution in [2.45, 2.75) is 45.6 Å². The molecule has 0 N–H and O–H groups in total. The highest BCUT2D eigenvalue weighted by Crippen LogP contribution is 2.48. The van der Waals surface area contributed by atoms with E-state index in [4.69, 9.17) is 0 Å². The Bertz CT molecular complexity index is 352. The third kappa shape index (κ3) is 2.46. The summed E-state index contributed by atoms with van der Waals surface area (Å²) >= 11 is 0. The summed E-state index contributed by atoms with van der Waals surface area (Å²) in [6.45, 7) is 6.74. The number of aliphatic imine (C=N–C) groups is 2. The van der Waals surface area contributed by atoms with Crippen LogP contribution < -0.4 is 0 Å². The van der Waals surface area contributed by atoms with Crippen LogP contribution in [0.3, 0.4) is 0 Å². The predicted octanol–water partition coefficient (Wildman–Crippen LogP) is 2.24. The minimum Gasteiger partial charge on any atom is -0.211 e. The van der Waals surface area contributed by atoms with Crippen LogP contribution in [0.2, 0.25) is 0 Å². The van der Waals surface area contributed by atoms with E-state index in [2.05, 4.69) is 23.8 Å². The molecular formula is C12H18N2O2. The molecule has 0 radical (unpaired) electrons. The zero-order valence-corrected chi connectivity index (χ0v) is 10.1. The minimum atomic E-state index is -0.337. The second kappa shape index (κ2) is 4.73. The fourth-order valence-corrected chi connectivity index (χ4v) is 2.50. The first-order chi connectivity index (χ1) is 7.45. The third-order valence-corrected chi connectivity index (χ3v) is 4.00. The van der Waals surface area contributed by atoms with Gasteiger partial charge in [0.15, 0.2) is 0 Å². The highest BCUT2D eigenvalue weighted by atomic mass is 16.1. The Balaban J connectivity index is 2.79. The first-order valence-electron chi connectivity index (χ1n) is 5.58. The molecule has 0 bridgehead atoms. The Morgan fingerprint density at radius 2 is 1.94 bits per heavy atom. The maximum atomic E-state index is 10.5. The van der Waals surface area contributed by atoms with E-state index in [1.165, 1.54) is 0 Å². The van der Waals surface area contributed by atoms with Crippen molar-refractivity contribution in [3.63, 3.8) is 0 Å². The van der Waals surface area contributed by atoms with Crippen LogP contribution in [0, 0.1) is 11.3 Å². The minimum absolute atomic E-state index is 0.0638. The molecule has 4 nitrogen and oxygen atoms in total. The molecule has 1 aliphatic carbocycles. The van der Waals surface area contributed by atoms with Gasteiger partial charge in [-0.05, 0) is 37.5 Å². The number of isocyanates is 2. The van der Waals surface area contributed by atoms with Gasteiger partial charge in [-0.15, -0.1) is 0 Å². The molecule has 1 rings (SSSR count). The quantitative estimate of drug-likeness (QED) is 0.543. The standard InChI is InChI=1S/C12H18N2O2/c1-11(2)6-10(7-13-8-15)4-5-12(11,3)14-9-16/h10H,4-7H2,1-3H3/t10-,12-/m0/s1. The van der Waals surface area contributed by atoms with Gasteiger partial charge in [-0.2, -0.15) is 4.99 Å². The summed E-state index contributed by atoms with van der Waals surface area (Å²) in [6.07, 6.45) is 5.96. The summed E-state index contributed by atoms with van der Waals surface area (Å²) in [5.41, 5.74) is -0.401. The van der Waals surface area contributed by atoms with Gasteiger partial charge in [0.25, 0.3) is 0 Å². The fraction of sp³-hybridized carbons (Fsp3) is 0.833. The van der Waals surface area contributed by atoms with Crippen molar-refractivity contribution in [2.75, 3.05) is 6.54 Å². The number of carbonyl (C=O) groups excluding carboxylic acids is 2. The molecule has 0 aromatic heterocycles. The van der Waals surface area contributed by atoms with Crippen LogP contribution in [0.25, 0.3) is 0 Å². The molecular weight excluding hydrogens is 204 g/mol. The monoisotopic (exact) mass is 222 g/mol. The molecule has 0 aromatic rings. The second-order valence-electron chi connectivity index (χ2n) is 5.40. The summed E-state index contributed by atoms with van der Waals surface area (Å²) < 4.78 is 0. The maximum Gasteiger partial charge on any atom is 0.235 e. The Morgan fingerprint density at radius 1 is 1.25 bits per heavy atom. The van der Waals surface area contributed by atoms with Gasteiger partial charge < -0.3 is 0 Å². The van der Waals surface area contributed by atoms with Gasteiger partial charge in [-0.1, -0.05) is 13.8 Å². The summed E-state index contributed by atoms with van der Waals surface area (Å²) in [6, 6.07) is 0. The first-order valence-corrected chi connectivity index (χ1v) is 5.58. The lowest BCUT2D eigenvalue weighted by Crippen LogP contribution is -2.45. The first kappa shape index (κ1) is 12.8. The van der Waals surface area contributed by atoms with Crippen LogP contribution in [0.15, 0.2) is 9.98 Å². The molecule has 4 heteroatoms. The smallest absolute Gasteiger partial charge is 0.211 e. The summed E-state index contributed by atoms with van der Waals surface area (Å²) in [5.74, 6) is 0.395.